The largest absolute Gasteiger partial charge is 0.462 e. The first kappa shape index (κ1) is 68.8. The van der Waals surface area contributed by atoms with Crippen molar-refractivity contribution in [2.75, 3.05) is 13.2 Å². The number of hydrogen-bond donors (Lipinski definition) is 0. The highest BCUT2D eigenvalue weighted by Gasteiger charge is 2.19. The van der Waals surface area contributed by atoms with Gasteiger partial charge < -0.3 is 14.2 Å². The number of hydrogen-bond acceptors (Lipinski definition) is 6. The van der Waals surface area contributed by atoms with Crippen LogP contribution in [0.4, 0.5) is 0 Å². The Kier molecular flexibility index (Phi) is 56.9. The van der Waals surface area contributed by atoms with Gasteiger partial charge >= 0.3 is 17.9 Å². The normalized spacial score (nSPS) is 13.0. The predicted molar refractivity (Wildman–Crippen MR) is 316 cm³/mol. The summed E-state index contributed by atoms with van der Waals surface area (Å²) in [6, 6.07) is 0. The van der Waals surface area contributed by atoms with Crippen molar-refractivity contribution < 1.29 is 28.6 Å². The fraction of sp³-hybridized carbons (Fsp3) is 0.657. The highest BCUT2D eigenvalue weighted by molar-refractivity contribution is 5.71. The summed E-state index contributed by atoms with van der Waals surface area (Å²) in [6.45, 7) is 6.45. The van der Waals surface area contributed by atoms with E-state index in [1.54, 1.807) is 0 Å². The Morgan fingerprint density at radius 1 is 0.288 bits per heavy atom. The second-order valence-corrected chi connectivity index (χ2v) is 19.5. The molecule has 0 aromatic heterocycles. The molecular formula is C67H110O6. The fourth-order valence-corrected chi connectivity index (χ4v) is 7.97. The van der Waals surface area contributed by atoms with E-state index in [4.69, 9.17) is 14.2 Å². The van der Waals surface area contributed by atoms with Crippen molar-refractivity contribution in [3.05, 3.63) is 122 Å². The molecule has 0 rings (SSSR count). The summed E-state index contributed by atoms with van der Waals surface area (Å²) in [6.07, 6.45) is 83.4. The van der Waals surface area contributed by atoms with Crippen LogP contribution in [0.2, 0.25) is 0 Å². The monoisotopic (exact) mass is 1010 g/mol. The van der Waals surface area contributed by atoms with Crippen molar-refractivity contribution in [3.8, 4) is 0 Å². The molecule has 0 N–H and O–H groups in total. The van der Waals surface area contributed by atoms with E-state index in [0.29, 0.717) is 19.3 Å². The minimum atomic E-state index is -0.806. The number of esters is 3. The standard InChI is InChI=1S/C67H110O6/c1-4-7-10-13-16-19-22-25-26-27-28-29-30-31-32-33-34-35-36-37-38-39-40-43-45-48-51-54-57-60-66(69)72-63-64(73-67(70)61-58-55-52-49-46-42-24-21-18-15-12-9-6-3)62-71-65(68)59-56-53-50-47-44-41-23-20-17-14-11-8-5-2/h7,10,16,19,21,24-26,28-29,31-32,34-35,37-38,40,43,48,51,64H,4-6,8-9,11-15,17-18,20,22-23,27,30,33,36,39,41-42,44-47,49-50,52-63H2,1-3H3/b10-7-,19-16-,24-21-,26-25-,29-28-,32-31-,35-34-,38-37-,43-40-,51-48-. The van der Waals surface area contributed by atoms with Gasteiger partial charge in [0.25, 0.3) is 0 Å². The van der Waals surface area contributed by atoms with E-state index < -0.39 is 6.10 Å². The SMILES string of the molecule is CC/C=C\C/C=C\C/C=C\C/C=C\C/C=C\C/C=C\C/C=C\C/C=C\C/C=C\CCCC(=O)OCC(COC(=O)CCCCCCCCCCCCCCC)OC(=O)CCCCCCC/C=C\CCCCCC. The first-order valence-electron chi connectivity index (χ1n) is 30.0. The number of allylic oxidation sites excluding steroid dienone is 20. The Balaban J connectivity index is 4.40. The minimum absolute atomic E-state index is 0.0993. The molecule has 0 aromatic rings. The molecule has 0 amide bonds. The number of unbranched alkanes of at least 4 members (excludes halogenated alkanes) is 22. The van der Waals surface area contributed by atoms with E-state index in [0.717, 1.165) is 116 Å². The first-order valence-corrected chi connectivity index (χ1v) is 30.0. The lowest BCUT2D eigenvalue weighted by Crippen LogP contribution is -2.30. The minimum Gasteiger partial charge on any atom is -0.462 e. The third kappa shape index (κ3) is 58.6. The molecule has 1 atom stereocenters. The van der Waals surface area contributed by atoms with E-state index in [-0.39, 0.29) is 37.5 Å². The second-order valence-electron chi connectivity index (χ2n) is 19.5. The zero-order valence-electron chi connectivity index (χ0n) is 47.4. The summed E-state index contributed by atoms with van der Waals surface area (Å²) < 4.78 is 16.8. The zero-order valence-corrected chi connectivity index (χ0v) is 47.4. The maximum absolute atomic E-state index is 12.8. The van der Waals surface area contributed by atoms with Crippen LogP contribution < -0.4 is 0 Å². The van der Waals surface area contributed by atoms with Gasteiger partial charge in [0.1, 0.15) is 13.2 Å². The van der Waals surface area contributed by atoms with Crippen molar-refractivity contribution in [3.63, 3.8) is 0 Å². The van der Waals surface area contributed by atoms with Gasteiger partial charge in [0, 0.05) is 19.3 Å². The van der Waals surface area contributed by atoms with Gasteiger partial charge in [-0.15, -0.1) is 0 Å². The first-order chi connectivity index (χ1) is 36.0. The molecule has 414 valence electrons. The molecule has 1 unspecified atom stereocenters. The Morgan fingerprint density at radius 3 is 0.918 bits per heavy atom. The third-order valence-corrected chi connectivity index (χ3v) is 12.5. The fourth-order valence-electron chi connectivity index (χ4n) is 7.97. The highest BCUT2D eigenvalue weighted by atomic mass is 16.6. The lowest BCUT2D eigenvalue weighted by Gasteiger charge is -2.18. The van der Waals surface area contributed by atoms with Crippen molar-refractivity contribution in [2.45, 2.75) is 271 Å². The molecule has 0 radical (unpaired) electrons. The maximum atomic E-state index is 12.8. The Hall–Kier alpha value is -4.19. The third-order valence-electron chi connectivity index (χ3n) is 12.5. The van der Waals surface area contributed by atoms with Gasteiger partial charge in [-0.1, -0.05) is 258 Å². The van der Waals surface area contributed by atoms with Gasteiger partial charge in [-0.3, -0.25) is 14.4 Å². The van der Waals surface area contributed by atoms with Crippen molar-refractivity contribution in [1.82, 2.24) is 0 Å². The molecule has 6 nitrogen and oxygen atoms in total. The molecule has 0 aliphatic heterocycles. The molecule has 0 saturated heterocycles. The lowest BCUT2D eigenvalue weighted by molar-refractivity contribution is -0.167. The number of carbonyl (C=O) groups is 3. The van der Waals surface area contributed by atoms with Crippen LogP contribution in [-0.2, 0) is 28.6 Å². The summed E-state index contributed by atoms with van der Waals surface area (Å²) in [5.74, 6) is -0.970. The van der Waals surface area contributed by atoms with Crippen LogP contribution in [0.5, 0.6) is 0 Å². The molecule has 0 aromatic carbocycles. The van der Waals surface area contributed by atoms with Crippen molar-refractivity contribution in [2.24, 2.45) is 0 Å². The average molecular weight is 1010 g/mol. The zero-order chi connectivity index (χ0) is 52.9. The van der Waals surface area contributed by atoms with Crippen molar-refractivity contribution in [1.29, 1.82) is 0 Å². The molecule has 73 heavy (non-hydrogen) atoms. The number of rotatable bonds is 53. The Morgan fingerprint density at radius 2 is 0.548 bits per heavy atom. The van der Waals surface area contributed by atoms with Crippen molar-refractivity contribution >= 4 is 17.9 Å². The Labute approximate surface area is 450 Å². The van der Waals surface area contributed by atoms with Crippen LogP contribution >= 0.6 is 0 Å². The predicted octanol–water partition coefficient (Wildman–Crippen LogP) is 20.4. The summed E-state index contributed by atoms with van der Waals surface area (Å²) in [5.41, 5.74) is 0. The highest BCUT2D eigenvalue weighted by Crippen LogP contribution is 2.15. The van der Waals surface area contributed by atoms with E-state index in [2.05, 4.69) is 142 Å². The molecule has 0 fully saturated rings. The van der Waals surface area contributed by atoms with Gasteiger partial charge in [0.05, 0.1) is 0 Å². The summed E-state index contributed by atoms with van der Waals surface area (Å²) in [4.78, 5) is 38.1. The maximum Gasteiger partial charge on any atom is 0.306 e. The smallest absolute Gasteiger partial charge is 0.306 e. The van der Waals surface area contributed by atoms with Crippen LogP contribution in [0.3, 0.4) is 0 Å². The van der Waals surface area contributed by atoms with Gasteiger partial charge in [-0.2, -0.15) is 0 Å². The molecule has 0 saturated carbocycles. The molecule has 0 aliphatic rings. The van der Waals surface area contributed by atoms with Crippen LogP contribution in [0.25, 0.3) is 0 Å². The van der Waals surface area contributed by atoms with Crippen LogP contribution in [0.15, 0.2) is 122 Å². The molecule has 0 heterocycles. The molecule has 0 bridgehead atoms. The van der Waals surface area contributed by atoms with Gasteiger partial charge in [-0.05, 0) is 109 Å². The van der Waals surface area contributed by atoms with Crippen LogP contribution in [0, 0.1) is 0 Å². The summed E-state index contributed by atoms with van der Waals surface area (Å²) >= 11 is 0. The van der Waals surface area contributed by atoms with E-state index in [1.165, 1.54) is 103 Å². The number of ether oxygens (including phenoxy) is 3. The van der Waals surface area contributed by atoms with Gasteiger partial charge in [-0.25, -0.2) is 0 Å². The Bertz CT molecular complexity index is 1540. The quantitative estimate of drug-likeness (QED) is 0.0261. The molecule has 0 spiro atoms. The van der Waals surface area contributed by atoms with Crippen LogP contribution in [0.1, 0.15) is 265 Å². The second kappa shape index (κ2) is 60.4. The molecule has 6 heteroatoms. The van der Waals surface area contributed by atoms with Gasteiger partial charge in [0.15, 0.2) is 6.10 Å². The summed E-state index contributed by atoms with van der Waals surface area (Å²) in [7, 11) is 0. The lowest BCUT2D eigenvalue weighted by atomic mass is 10.0. The average Bonchev–Trinajstić information content (AvgIpc) is 3.39. The van der Waals surface area contributed by atoms with E-state index in [9.17, 15) is 14.4 Å². The summed E-state index contributed by atoms with van der Waals surface area (Å²) in [5, 5.41) is 0. The topological polar surface area (TPSA) is 78.9 Å². The number of carbonyl (C=O) groups excluding carboxylic acids is 3. The van der Waals surface area contributed by atoms with E-state index >= 15 is 0 Å². The molecular weight excluding hydrogens is 901 g/mol. The van der Waals surface area contributed by atoms with Gasteiger partial charge in [0.2, 0.25) is 0 Å². The van der Waals surface area contributed by atoms with E-state index in [1.807, 2.05) is 0 Å². The van der Waals surface area contributed by atoms with Crippen LogP contribution in [-0.4, -0.2) is 37.2 Å². The molecule has 0 aliphatic carbocycles.